The summed E-state index contributed by atoms with van der Waals surface area (Å²) in [4.78, 5) is 42.1. The average Bonchev–Trinajstić information content (AvgIpc) is 3.85. The fourth-order valence-electron chi connectivity index (χ4n) is 4.74. The van der Waals surface area contributed by atoms with Crippen molar-refractivity contribution >= 4 is 22.9 Å². The summed E-state index contributed by atoms with van der Waals surface area (Å²) in [7, 11) is 1.43. The molecule has 2 aliphatic carbocycles. The minimum atomic E-state index is -0.348. The maximum absolute atomic E-state index is 13.1. The molecule has 2 aromatic heterocycles. The van der Waals surface area contributed by atoms with Gasteiger partial charge in [0.15, 0.2) is 0 Å². The number of ether oxygens (including phenoxy) is 1. The molecule has 0 saturated heterocycles. The summed E-state index contributed by atoms with van der Waals surface area (Å²) in [5.41, 5.74) is 4.25. The summed E-state index contributed by atoms with van der Waals surface area (Å²) in [5, 5.41) is 3.33. The van der Waals surface area contributed by atoms with Gasteiger partial charge in [0.2, 0.25) is 5.43 Å². The number of carbonyl (C=O) groups is 2. The highest BCUT2D eigenvalue weighted by Gasteiger charge is 2.44. The standard InChI is InChI=1S/C29H25N3O4/c1-36-29(35)24-15-23(24)18-9-7-17(8-10-18)19-4-2-5-21(14-19)32-16-25(28(34)31-20-11-12-20)26(33)22-6-3-13-30-27(22)32/h2-10,13-14,16,20,23-24H,11-12,15H2,1H3,(H,31,34). The number of hydrogen-bond donors (Lipinski definition) is 1. The molecule has 0 spiro atoms. The highest BCUT2D eigenvalue weighted by Crippen LogP contribution is 2.48. The number of nitrogens with zero attached hydrogens (tertiary/aromatic N) is 2. The maximum Gasteiger partial charge on any atom is 0.309 e. The number of hydrogen-bond acceptors (Lipinski definition) is 5. The second-order valence-corrected chi connectivity index (χ2v) is 9.51. The van der Waals surface area contributed by atoms with Gasteiger partial charge in [0, 0.05) is 24.1 Å². The van der Waals surface area contributed by atoms with Crippen molar-refractivity contribution in [1.82, 2.24) is 14.9 Å². The summed E-state index contributed by atoms with van der Waals surface area (Å²) in [6.07, 6.45) is 5.95. The van der Waals surface area contributed by atoms with Gasteiger partial charge in [-0.3, -0.25) is 14.4 Å². The van der Waals surface area contributed by atoms with Crippen molar-refractivity contribution in [1.29, 1.82) is 0 Å². The van der Waals surface area contributed by atoms with Crippen molar-refractivity contribution < 1.29 is 14.3 Å². The van der Waals surface area contributed by atoms with E-state index in [4.69, 9.17) is 4.74 Å². The molecule has 0 radical (unpaired) electrons. The molecular weight excluding hydrogens is 454 g/mol. The Balaban J connectivity index is 1.36. The van der Waals surface area contributed by atoms with Gasteiger partial charge in [-0.15, -0.1) is 0 Å². The summed E-state index contributed by atoms with van der Waals surface area (Å²) in [5.74, 6) is -0.323. The summed E-state index contributed by atoms with van der Waals surface area (Å²) in [6, 6.07) is 19.7. The van der Waals surface area contributed by atoms with Crippen molar-refractivity contribution in [2.45, 2.75) is 31.2 Å². The molecule has 2 aliphatic rings. The van der Waals surface area contributed by atoms with Crippen LogP contribution in [0.1, 0.15) is 41.1 Å². The van der Waals surface area contributed by atoms with Crippen LogP contribution in [0, 0.1) is 5.92 Å². The van der Waals surface area contributed by atoms with Crippen LogP contribution >= 0.6 is 0 Å². The molecule has 2 unspecified atom stereocenters. The van der Waals surface area contributed by atoms with Gasteiger partial charge in [0.1, 0.15) is 11.2 Å². The summed E-state index contributed by atoms with van der Waals surface area (Å²) >= 11 is 0. The minimum absolute atomic E-state index is 0.0448. The van der Waals surface area contributed by atoms with Gasteiger partial charge < -0.3 is 14.6 Å². The van der Waals surface area contributed by atoms with E-state index in [1.54, 1.807) is 24.5 Å². The van der Waals surface area contributed by atoms with E-state index in [1.165, 1.54) is 7.11 Å². The first-order valence-electron chi connectivity index (χ1n) is 12.1. The number of carbonyl (C=O) groups excluding carboxylic acids is 2. The third-order valence-corrected chi connectivity index (χ3v) is 7.01. The molecule has 6 rings (SSSR count). The van der Waals surface area contributed by atoms with E-state index >= 15 is 0 Å². The lowest BCUT2D eigenvalue weighted by atomic mass is 10.0. The largest absolute Gasteiger partial charge is 0.469 e. The van der Waals surface area contributed by atoms with Gasteiger partial charge >= 0.3 is 5.97 Å². The lowest BCUT2D eigenvalue weighted by Crippen LogP contribution is -2.31. The van der Waals surface area contributed by atoms with Gasteiger partial charge in [0.25, 0.3) is 5.91 Å². The van der Waals surface area contributed by atoms with E-state index in [1.807, 2.05) is 28.8 Å². The Kier molecular flexibility index (Phi) is 5.40. The Morgan fingerprint density at radius 3 is 2.58 bits per heavy atom. The Bertz CT molecular complexity index is 1550. The molecule has 1 N–H and O–H groups in total. The fraction of sp³-hybridized carbons (Fsp3) is 0.241. The zero-order chi connectivity index (χ0) is 24.8. The van der Waals surface area contributed by atoms with Crippen LogP contribution < -0.4 is 10.7 Å². The molecule has 0 aliphatic heterocycles. The third kappa shape index (κ3) is 4.06. The molecule has 2 saturated carbocycles. The van der Waals surface area contributed by atoms with Gasteiger partial charge in [-0.2, -0.15) is 0 Å². The van der Waals surface area contributed by atoms with Crippen molar-refractivity contribution in [2.75, 3.05) is 7.11 Å². The minimum Gasteiger partial charge on any atom is -0.469 e. The summed E-state index contributed by atoms with van der Waals surface area (Å²) < 4.78 is 6.67. The Labute approximate surface area is 207 Å². The van der Waals surface area contributed by atoms with E-state index in [0.717, 1.165) is 41.6 Å². The second-order valence-electron chi connectivity index (χ2n) is 9.51. The Morgan fingerprint density at radius 2 is 1.83 bits per heavy atom. The first-order chi connectivity index (χ1) is 17.5. The first-order valence-corrected chi connectivity index (χ1v) is 12.1. The predicted octanol–water partition coefficient (Wildman–Crippen LogP) is 4.22. The molecule has 36 heavy (non-hydrogen) atoms. The van der Waals surface area contributed by atoms with Crippen molar-refractivity contribution in [3.05, 3.63) is 94.4 Å². The molecule has 1 amide bonds. The van der Waals surface area contributed by atoms with Crippen molar-refractivity contribution in [3.63, 3.8) is 0 Å². The Hall–Kier alpha value is -4.26. The van der Waals surface area contributed by atoms with E-state index in [-0.39, 0.29) is 40.7 Å². The number of methoxy groups -OCH3 is 1. The van der Waals surface area contributed by atoms with Crippen LogP contribution in [-0.4, -0.2) is 34.6 Å². The normalized spacial score (nSPS) is 18.6. The first kappa shape index (κ1) is 22.2. The summed E-state index contributed by atoms with van der Waals surface area (Å²) in [6.45, 7) is 0. The Morgan fingerprint density at radius 1 is 1.03 bits per heavy atom. The molecule has 7 nitrogen and oxygen atoms in total. The van der Waals surface area contributed by atoms with Crippen LogP contribution in [0.2, 0.25) is 0 Å². The number of benzene rings is 2. The second kappa shape index (κ2) is 8.75. The topological polar surface area (TPSA) is 90.3 Å². The van der Waals surface area contributed by atoms with E-state index in [9.17, 15) is 14.4 Å². The van der Waals surface area contributed by atoms with Crippen LogP contribution in [-0.2, 0) is 9.53 Å². The quantitative estimate of drug-likeness (QED) is 0.418. The predicted molar refractivity (Wildman–Crippen MR) is 136 cm³/mol. The fourth-order valence-corrected chi connectivity index (χ4v) is 4.74. The smallest absolute Gasteiger partial charge is 0.309 e. The zero-order valence-corrected chi connectivity index (χ0v) is 19.8. The number of pyridine rings is 2. The zero-order valence-electron chi connectivity index (χ0n) is 19.8. The molecule has 2 atom stereocenters. The molecule has 7 heteroatoms. The van der Waals surface area contributed by atoms with E-state index < -0.39 is 0 Å². The number of aromatic nitrogens is 2. The lowest BCUT2D eigenvalue weighted by Gasteiger charge is -2.14. The number of fused-ring (bicyclic) bond motifs is 1. The molecule has 4 aromatic rings. The number of rotatable bonds is 6. The molecule has 180 valence electrons. The number of esters is 1. The van der Waals surface area contributed by atoms with Gasteiger partial charge in [-0.25, -0.2) is 4.98 Å². The molecule has 2 heterocycles. The van der Waals surface area contributed by atoms with Crippen LogP contribution in [0.3, 0.4) is 0 Å². The van der Waals surface area contributed by atoms with E-state index in [0.29, 0.717) is 11.0 Å². The van der Waals surface area contributed by atoms with Crippen LogP contribution in [0.25, 0.3) is 27.8 Å². The van der Waals surface area contributed by atoms with Crippen LogP contribution in [0.4, 0.5) is 0 Å². The number of amides is 1. The number of nitrogens with one attached hydrogen (secondary N) is 1. The monoisotopic (exact) mass is 479 g/mol. The molecule has 2 aromatic carbocycles. The highest BCUT2D eigenvalue weighted by molar-refractivity contribution is 5.97. The van der Waals surface area contributed by atoms with Gasteiger partial charge in [0.05, 0.1) is 18.4 Å². The van der Waals surface area contributed by atoms with E-state index in [2.05, 4.69) is 34.6 Å². The van der Waals surface area contributed by atoms with Crippen molar-refractivity contribution in [2.24, 2.45) is 5.92 Å². The third-order valence-electron chi connectivity index (χ3n) is 7.01. The van der Waals surface area contributed by atoms with Crippen LogP contribution in [0.15, 0.2) is 77.9 Å². The molecule has 2 fully saturated rings. The van der Waals surface area contributed by atoms with Gasteiger partial charge in [-0.05, 0) is 66.1 Å². The average molecular weight is 480 g/mol. The maximum atomic E-state index is 13.1. The highest BCUT2D eigenvalue weighted by atomic mass is 16.5. The van der Waals surface area contributed by atoms with Gasteiger partial charge in [-0.1, -0.05) is 36.4 Å². The lowest BCUT2D eigenvalue weighted by molar-refractivity contribution is -0.142. The van der Waals surface area contributed by atoms with Crippen molar-refractivity contribution in [3.8, 4) is 16.8 Å². The SMILES string of the molecule is COC(=O)C1CC1c1ccc(-c2cccc(-n3cc(C(=O)NC4CC4)c(=O)c4cccnc43)c2)cc1. The van der Waals surface area contributed by atoms with Crippen LogP contribution in [0.5, 0.6) is 0 Å². The molecule has 0 bridgehead atoms. The molecular formula is C29H25N3O4.